The van der Waals surface area contributed by atoms with Gasteiger partial charge < -0.3 is 24.1 Å². The van der Waals surface area contributed by atoms with Gasteiger partial charge >= 0.3 is 0 Å². The van der Waals surface area contributed by atoms with Crippen LogP contribution >= 0.6 is 11.6 Å². The Hall–Kier alpha value is -3.45. The Bertz CT molecular complexity index is 1160. The van der Waals surface area contributed by atoms with Crippen LogP contribution in [0.1, 0.15) is 53.4 Å². The van der Waals surface area contributed by atoms with Gasteiger partial charge in [-0.3, -0.25) is 9.59 Å². The number of benzene rings is 2. The standard InChI is InChI=1S/C28H31ClN2O5/c1-34-23-14-9-19(18-25(23)35-2)15-16-31(28(33)24-8-5-17-36-24)26(20-10-12-21(29)13-11-20)27(32)30-22-6-3-4-7-22/h5,8-14,17-18,22,26H,3-4,6-7,15-16H2,1-2H3,(H,30,32). The normalized spacial score (nSPS) is 14.3. The van der Waals surface area contributed by atoms with E-state index in [9.17, 15) is 9.59 Å². The van der Waals surface area contributed by atoms with Gasteiger partial charge in [-0.15, -0.1) is 0 Å². The molecular formula is C28H31ClN2O5. The molecule has 2 aromatic carbocycles. The van der Waals surface area contributed by atoms with E-state index in [0.717, 1.165) is 31.2 Å². The maximum atomic E-state index is 13.7. The van der Waals surface area contributed by atoms with Crippen molar-refractivity contribution in [3.63, 3.8) is 0 Å². The van der Waals surface area contributed by atoms with E-state index in [4.69, 9.17) is 25.5 Å². The van der Waals surface area contributed by atoms with Crippen LogP contribution in [0.5, 0.6) is 11.5 Å². The van der Waals surface area contributed by atoms with E-state index in [1.54, 1.807) is 55.5 Å². The van der Waals surface area contributed by atoms with Crippen LogP contribution in [-0.4, -0.2) is 43.5 Å². The Labute approximate surface area is 216 Å². The fourth-order valence-electron chi connectivity index (χ4n) is 4.64. The number of hydrogen-bond donors (Lipinski definition) is 1. The summed E-state index contributed by atoms with van der Waals surface area (Å²) in [5.41, 5.74) is 1.62. The lowest BCUT2D eigenvalue weighted by Gasteiger charge is -2.32. The van der Waals surface area contributed by atoms with E-state index in [-0.39, 0.29) is 30.2 Å². The number of hydrogen-bond acceptors (Lipinski definition) is 5. The minimum atomic E-state index is -0.847. The molecule has 1 N–H and O–H groups in total. The minimum absolute atomic E-state index is 0.110. The molecule has 1 aliphatic carbocycles. The van der Waals surface area contributed by atoms with E-state index < -0.39 is 6.04 Å². The summed E-state index contributed by atoms with van der Waals surface area (Å²) < 4.78 is 16.2. The lowest BCUT2D eigenvalue weighted by Crippen LogP contribution is -2.46. The van der Waals surface area contributed by atoms with Crippen LogP contribution in [0, 0.1) is 0 Å². The first-order chi connectivity index (χ1) is 17.5. The summed E-state index contributed by atoms with van der Waals surface area (Å²) in [6, 6.07) is 15.2. The lowest BCUT2D eigenvalue weighted by molar-refractivity contribution is -0.126. The number of nitrogens with one attached hydrogen (secondary N) is 1. The largest absolute Gasteiger partial charge is 0.493 e. The predicted molar refractivity (Wildman–Crippen MR) is 138 cm³/mol. The van der Waals surface area contributed by atoms with Gasteiger partial charge in [0.15, 0.2) is 17.3 Å². The molecule has 0 bridgehead atoms. The van der Waals surface area contributed by atoms with E-state index in [1.807, 2.05) is 18.2 Å². The molecule has 8 heteroatoms. The third-order valence-electron chi connectivity index (χ3n) is 6.53. The Morgan fingerprint density at radius 2 is 1.78 bits per heavy atom. The number of carbonyl (C=O) groups is 2. The first-order valence-corrected chi connectivity index (χ1v) is 12.5. The highest BCUT2D eigenvalue weighted by atomic mass is 35.5. The number of furan rings is 1. The fraction of sp³-hybridized carbons (Fsp3) is 0.357. The minimum Gasteiger partial charge on any atom is -0.493 e. The average Bonchev–Trinajstić information content (AvgIpc) is 3.61. The summed E-state index contributed by atoms with van der Waals surface area (Å²) in [6.45, 7) is 0.278. The molecule has 3 aromatic rings. The zero-order valence-corrected chi connectivity index (χ0v) is 21.3. The van der Waals surface area contributed by atoms with E-state index in [2.05, 4.69) is 5.32 Å². The molecule has 0 aliphatic heterocycles. The van der Waals surface area contributed by atoms with Crippen LogP contribution < -0.4 is 14.8 Å². The zero-order chi connectivity index (χ0) is 25.5. The van der Waals surface area contributed by atoms with Gasteiger partial charge in [-0.1, -0.05) is 42.6 Å². The molecule has 36 heavy (non-hydrogen) atoms. The number of methoxy groups -OCH3 is 2. The maximum Gasteiger partial charge on any atom is 0.290 e. The molecular weight excluding hydrogens is 480 g/mol. The van der Waals surface area contributed by atoms with Gasteiger partial charge in [0.1, 0.15) is 6.04 Å². The number of rotatable bonds is 10. The van der Waals surface area contributed by atoms with Gasteiger partial charge in [0.2, 0.25) is 5.91 Å². The van der Waals surface area contributed by atoms with Crippen LogP contribution in [0.2, 0.25) is 5.02 Å². The SMILES string of the molecule is COc1ccc(CCN(C(=O)c2ccco2)C(C(=O)NC2CCCC2)c2ccc(Cl)cc2)cc1OC. The molecule has 4 rings (SSSR count). The summed E-state index contributed by atoms with van der Waals surface area (Å²) in [5, 5.41) is 3.73. The third-order valence-corrected chi connectivity index (χ3v) is 6.78. The zero-order valence-electron chi connectivity index (χ0n) is 20.5. The van der Waals surface area contributed by atoms with E-state index in [1.165, 1.54) is 6.26 Å². The second kappa shape index (κ2) is 12.0. The molecule has 0 saturated heterocycles. The molecule has 1 unspecified atom stereocenters. The van der Waals surface area contributed by atoms with Crippen molar-refractivity contribution in [3.05, 3.63) is 82.8 Å². The first kappa shape index (κ1) is 25.6. The summed E-state index contributed by atoms with van der Waals surface area (Å²) in [5.74, 6) is 0.834. The molecule has 1 aliphatic rings. The molecule has 2 amide bonds. The van der Waals surface area contributed by atoms with Crippen LogP contribution in [0.3, 0.4) is 0 Å². The Kier molecular flexibility index (Phi) is 8.54. The van der Waals surface area contributed by atoms with Crippen LogP contribution in [0.4, 0.5) is 0 Å². The molecule has 1 fully saturated rings. The van der Waals surface area contributed by atoms with E-state index in [0.29, 0.717) is 28.5 Å². The highest BCUT2D eigenvalue weighted by Crippen LogP contribution is 2.30. The van der Waals surface area contributed by atoms with Gasteiger partial charge in [-0.2, -0.15) is 0 Å². The second-order valence-corrected chi connectivity index (χ2v) is 9.30. The molecule has 0 radical (unpaired) electrons. The second-order valence-electron chi connectivity index (χ2n) is 8.86. The quantitative estimate of drug-likeness (QED) is 0.393. The molecule has 190 valence electrons. The van der Waals surface area contributed by atoms with Crippen molar-refractivity contribution in [1.82, 2.24) is 10.2 Å². The van der Waals surface area contributed by atoms with Gasteiger partial charge in [0.05, 0.1) is 20.5 Å². The van der Waals surface area contributed by atoms with Crippen molar-refractivity contribution < 1.29 is 23.5 Å². The average molecular weight is 511 g/mol. The number of ether oxygens (including phenoxy) is 2. The van der Waals surface area contributed by atoms with Crippen molar-refractivity contribution in [2.45, 2.75) is 44.2 Å². The topological polar surface area (TPSA) is 81.0 Å². The van der Waals surface area contributed by atoms with Crippen LogP contribution in [0.25, 0.3) is 0 Å². The van der Waals surface area contributed by atoms with Gasteiger partial charge in [0, 0.05) is 17.6 Å². The van der Waals surface area contributed by atoms with Crippen molar-refractivity contribution >= 4 is 23.4 Å². The molecule has 1 heterocycles. The Balaban J connectivity index is 1.67. The smallest absolute Gasteiger partial charge is 0.290 e. The fourth-order valence-corrected chi connectivity index (χ4v) is 4.77. The monoisotopic (exact) mass is 510 g/mol. The number of halogens is 1. The molecule has 1 saturated carbocycles. The highest BCUT2D eigenvalue weighted by molar-refractivity contribution is 6.30. The maximum absolute atomic E-state index is 13.7. The van der Waals surface area contributed by atoms with Gasteiger partial charge in [-0.05, 0) is 66.8 Å². The van der Waals surface area contributed by atoms with Gasteiger partial charge in [-0.25, -0.2) is 0 Å². The van der Waals surface area contributed by atoms with Gasteiger partial charge in [0.25, 0.3) is 5.91 Å². The van der Waals surface area contributed by atoms with E-state index >= 15 is 0 Å². The van der Waals surface area contributed by atoms with Crippen LogP contribution in [-0.2, 0) is 11.2 Å². The molecule has 1 atom stereocenters. The van der Waals surface area contributed by atoms with Crippen LogP contribution in [0.15, 0.2) is 65.3 Å². The van der Waals surface area contributed by atoms with Crippen molar-refractivity contribution in [3.8, 4) is 11.5 Å². The molecule has 7 nitrogen and oxygen atoms in total. The Morgan fingerprint density at radius 3 is 2.42 bits per heavy atom. The van der Waals surface area contributed by atoms with Crippen molar-refractivity contribution in [2.75, 3.05) is 20.8 Å². The summed E-state index contributed by atoms with van der Waals surface area (Å²) in [4.78, 5) is 28.9. The summed E-state index contributed by atoms with van der Waals surface area (Å²) in [7, 11) is 3.17. The predicted octanol–water partition coefficient (Wildman–Crippen LogP) is 5.44. The van der Waals surface area contributed by atoms with Crippen molar-refractivity contribution in [1.29, 1.82) is 0 Å². The summed E-state index contributed by atoms with van der Waals surface area (Å²) in [6.07, 6.45) is 6.01. The number of amides is 2. The number of carbonyl (C=O) groups excluding carboxylic acids is 2. The molecule has 0 spiro atoms. The molecule has 1 aromatic heterocycles. The van der Waals surface area contributed by atoms with Crippen molar-refractivity contribution in [2.24, 2.45) is 0 Å². The third kappa shape index (κ3) is 6.02. The Morgan fingerprint density at radius 1 is 1.06 bits per heavy atom. The first-order valence-electron chi connectivity index (χ1n) is 12.1. The lowest BCUT2D eigenvalue weighted by atomic mass is 10.0. The highest BCUT2D eigenvalue weighted by Gasteiger charge is 2.34. The number of nitrogens with zero attached hydrogens (tertiary/aromatic N) is 1. The summed E-state index contributed by atoms with van der Waals surface area (Å²) >= 11 is 6.13.